The minimum atomic E-state index is -5.04. The summed E-state index contributed by atoms with van der Waals surface area (Å²) in [5.74, 6) is -6.11. The quantitative estimate of drug-likeness (QED) is 0.419. The molecular weight excluding hydrogens is 534 g/mol. The number of hydrogen-bond acceptors (Lipinski definition) is 7. The lowest BCUT2D eigenvalue weighted by molar-refractivity contribution is -0.191. The van der Waals surface area contributed by atoms with Crippen molar-refractivity contribution in [1.82, 2.24) is 15.2 Å². The molecule has 0 aromatic carbocycles. The van der Waals surface area contributed by atoms with Gasteiger partial charge in [0.1, 0.15) is 23.7 Å². The Morgan fingerprint density at radius 2 is 1.69 bits per heavy atom. The average Bonchev–Trinajstić information content (AvgIpc) is 2.88. The minimum absolute atomic E-state index is 0.120. The fourth-order valence-electron chi connectivity index (χ4n) is 5.32. The first kappa shape index (κ1) is 28.6. The molecule has 39 heavy (non-hydrogen) atoms. The summed E-state index contributed by atoms with van der Waals surface area (Å²) in [5, 5.41) is 19.7. The highest BCUT2D eigenvalue weighted by atomic mass is 19.4. The van der Waals surface area contributed by atoms with Gasteiger partial charge in [0.25, 0.3) is 11.8 Å². The maximum absolute atomic E-state index is 13.7. The molecule has 1 aromatic rings. The number of rotatable bonds is 3. The van der Waals surface area contributed by atoms with Crippen molar-refractivity contribution >= 4 is 23.5 Å². The number of pyridine rings is 1. The van der Waals surface area contributed by atoms with Crippen molar-refractivity contribution in [3.8, 4) is 0 Å². The Bertz CT molecular complexity index is 1170. The van der Waals surface area contributed by atoms with Gasteiger partial charge in [-0.05, 0) is 38.2 Å². The molecule has 2 amide bonds. The molecule has 9 nitrogen and oxygen atoms in total. The number of hydrogen-bond donors (Lipinski definition) is 4. The number of aromatic nitrogens is 1. The third kappa shape index (κ3) is 5.82. The predicted octanol–water partition coefficient (Wildman–Crippen LogP) is 2.80. The molecule has 5 N–H and O–H groups in total. The van der Waals surface area contributed by atoms with Gasteiger partial charge in [-0.15, -0.1) is 0 Å². The normalized spacial score (nSPS) is 25.0. The molecule has 0 bridgehead atoms. The van der Waals surface area contributed by atoms with Gasteiger partial charge in [-0.25, -0.2) is 4.98 Å². The Hall–Kier alpha value is -3.36. The van der Waals surface area contributed by atoms with Crippen molar-refractivity contribution < 1.29 is 41.0 Å². The SMILES string of the molecule is N=C1NC(=O)[C@H](O)[C@H](C(F)(F)F)C1=C(N)C1CCN(c2cc(C(=O)N3CCCCC3)c(C(F)(F)F)cn2)CC1. The number of amides is 2. The molecule has 15 heteroatoms. The Kier molecular flexibility index (Phi) is 7.83. The summed E-state index contributed by atoms with van der Waals surface area (Å²) in [4.78, 5) is 31.6. The predicted molar refractivity (Wildman–Crippen MR) is 127 cm³/mol. The number of alkyl halides is 6. The lowest BCUT2D eigenvalue weighted by Gasteiger charge is -2.37. The molecular formula is C24H28F6N6O3. The van der Waals surface area contributed by atoms with E-state index in [1.807, 2.05) is 5.32 Å². The van der Waals surface area contributed by atoms with E-state index in [0.29, 0.717) is 32.1 Å². The Morgan fingerprint density at radius 3 is 2.26 bits per heavy atom. The van der Waals surface area contributed by atoms with Crippen molar-refractivity contribution in [3.05, 3.63) is 34.7 Å². The summed E-state index contributed by atoms with van der Waals surface area (Å²) in [6, 6.07) is 1.10. The van der Waals surface area contributed by atoms with Crippen LogP contribution in [0.2, 0.25) is 0 Å². The van der Waals surface area contributed by atoms with Crippen LogP contribution in [0.5, 0.6) is 0 Å². The van der Waals surface area contributed by atoms with E-state index in [9.17, 15) is 41.0 Å². The fourth-order valence-corrected chi connectivity index (χ4v) is 5.32. The fraction of sp³-hybridized carbons (Fsp3) is 0.583. The molecule has 2 atom stereocenters. The van der Waals surface area contributed by atoms with E-state index in [2.05, 4.69) is 4.98 Å². The molecule has 0 unspecified atom stereocenters. The number of aliphatic hydroxyl groups excluding tert-OH is 1. The van der Waals surface area contributed by atoms with Crippen molar-refractivity contribution in [3.63, 3.8) is 0 Å². The number of piperidine rings is 3. The van der Waals surface area contributed by atoms with Crippen LogP contribution < -0.4 is 16.0 Å². The number of allylic oxidation sites excluding steroid dienone is 1. The number of nitrogens with one attached hydrogen (secondary N) is 2. The van der Waals surface area contributed by atoms with Gasteiger partial charge in [-0.1, -0.05) is 0 Å². The second kappa shape index (κ2) is 10.7. The van der Waals surface area contributed by atoms with Gasteiger partial charge in [0.15, 0.2) is 0 Å². The number of anilines is 1. The molecule has 0 spiro atoms. The third-order valence-electron chi connectivity index (χ3n) is 7.40. The molecule has 0 radical (unpaired) electrons. The summed E-state index contributed by atoms with van der Waals surface area (Å²) in [6.07, 6.45) is -9.06. The van der Waals surface area contributed by atoms with Crippen LogP contribution in [0, 0.1) is 17.2 Å². The van der Waals surface area contributed by atoms with Gasteiger partial charge in [-0.3, -0.25) is 15.0 Å². The molecule has 214 valence electrons. The summed E-state index contributed by atoms with van der Waals surface area (Å²) in [7, 11) is 0. The van der Waals surface area contributed by atoms with Gasteiger partial charge in [0, 0.05) is 49.6 Å². The van der Waals surface area contributed by atoms with Crippen molar-refractivity contribution in [2.24, 2.45) is 17.6 Å². The van der Waals surface area contributed by atoms with Crippen LogP contribution >= 0.6 is 0 Å². The summed E-state index contributed by atoms with van der Waals surface area (Å²) >= 11 is 0. The van der Waals surface area contributed by atoms with Crippen LogP contribution in [-0.4, -0.2) is 71.1 Å². The largest absolute Gasteiger partial charge is 0.418 e. The third-order valence-corrected chi connectivity index (χ3v) is 7.40. The molecule has 0 aliphatic carbocycles. The molecule has 3 saturated heterocycles. The summed E-state index contributed by atoms with van der Waals surface area (Å²) < 4.78 is 82.1. The maximum Gasteiger partial charge on any atom is 0.418 e. The molecule has 1 aromatic heterocycles. The van der Waals surface area contributed by atoms with E-state index in [1.54, 1.807) is 4.90 Å². The van der Waals surface area contributed by atoms with Gasteiger partial charge < -0.3 is 26.0 Å². The highest BCUT2D eigenvalue weighted by Crippen LogP contribution is 2.40. The van der Waals surface area contributed by atoms with E-state index in [-0.39, 0.29) is 37.4 Å². The van der Waals surface area contributed by atoms with Crippen LogP contribution in [0.4, 0.5) is 32.2 Å². The van der Waals surface area contributed by atoms with Crippen molar-refractivity contribution in [2.75, 3.05) is 31.1 Å². The first-order valence-corrected chi connectivity index (χ1v) is 12.5. The molecule has 4 rings (SSSR count). The summed E-state index contributed by atoms with van der Waals surface area (Å²) in [5.41, 5.74) is 3.44. The Balaban J connectivity index is 1.57. The van der Waals surface area contributed by atoms with Crippen LogP contribution in [-0.2, 0) is 11.0 Å². The Labute approximate surface area is 219 Å². The topological polar surface area (TPSA) is 136 Å². The highest BCUT2D eigenvalue weighted by Gasteiger charge is 2.54. The second-order valence-corrected chi connectivity index (χ2v) is 9.90. The number of carbonyl (C=O) groups is 2. The summed E-state index contributed by atoms with van der Waals surface area (Å²) in [6.45, 7) is 1.01. The van der Waals surface area contributed by atoms with Gasteiger partial charge in [0.05, 0.1) is 11.1 Å². The van der Waals surface area contributed by atoms with Gasteiger partial charge in [0.2, 0.25) is 0 Å². The maximum atomic E-state index is 13.7. The first-order chi connectivity index (χ1) is 18.2. The standard InChI is InChI=1S/C24H28F6N6O3/c25-23(26,27)14-11-33-15(10-13(14)22(39)36-6-2-1-3-7-36)35-8-4-12(5-9-35)18(31)16-17(24(28,29)30)19(37)21(38)34-20(16)32/h10-12,17,19,37H,1-9,31H2,(H2,32,34,38)/t17-,19-/m1/s1. The zero-order chi connectivity index (χ0) is 28.7. The number of nitrogens with zero attached hydrogens (tertiary/aromatic N) is 3. The van der Waals surface area contributed by atoms with Crippen molar-refractivity contribution in [2.45, 2.75) is 50.6 Å². The molecule has 3 fully saturated rings. The molecule has 3 aliphatic rings. The number of amidine groups is 1. The number of nitrogens with two attached hydrogens (primary N) is 1. The van der Waals surface area contributed by atoms with E-state index >= 15 is 0 Å². The van der Waals surface area contributed by atoms with E-state index < -0.39 is 64.6 Å². The first-order valence-electron chi connectivity index (χ1n) is 12.5. The van der Waals surface area contributed by atoms with Crippen LogP contribution in [0.15, 0.2) is 23.5 Å². The lowest BCUT2D eigenvalue weighted by atomic mass is 9.81. The van der Waals surface area contributed by atoms with Crippen LogP contribution in [0.1, 0.15) is 48.0 Å². The van der Waals surface area contributed by atoms with E-state index in [0.717, 1.165) is 12.5 Å². The zero-order valence-electron chi connectivity index (χ0n) is 20.7. The average molecular weight is 563 g/mol. The number of halogens is 6. The minimum Gasteiger partial charge on any atom is -0.401 e. The number of carbonyl (C=O) groups excluding carboxylic acids is 2. The van der Waals surface area contributed by atoms with Gasteiger partial charge >= 0.3 is 12.4 Å². The highest BCUT2D eigenvalue weighted by molar-refractivity contribution is 6.11. The number of aliphatic hydroxyl groups is 1. The smallest absolute Gasteiger partial charge is 0.401 e. The zero-order valence-corrected chi connectivity index (χ0v) is 20.7. The second-order valence-electron chi connectivity index (χ2n) is 9.90. The monoisotopic (exact) mass is 562 g/mol. The molecule has 4 heterocycles. The Morgan fingerprint density at radius 1 is 1.08 bits per heavy atom. The van der Waals surface area contributed by atoms with E-state index in [4.69, 9.17) is 11.1 Å². The van der Waals surface area contributed by atoms with Crippen LogP contribution in [0.3, 0.4) is 0 Å². The van der Waals surface area contributed by atoms with Crippen molar-refractivity contribution in [1.29, 1.82) is 5.41 Å². The lowest BCUT2D eigenvalue weighted by Crippen LogP contribution is -2.56. The molecule has 3 aliphatic heterocycles. The van der Waals surface area contributed by atoms with Crippen LogP contribution in [0.25, 0.3) is 0 Å². The van der Waals surface area contributed by atoms with E-state index in [1.165, 1.54) is 4.90 Å². The van der Waals surface area contributed by atoms with Gasteiger partial charge in [-0.2, -0.15) is 26.3 Å². The molecule has 0 saturated carbocycles. The number of likely N-dealkylation sites (tertiary alicyclic amines) is 1.